The number of nitrogen functional groups attached to an aromatic ring is 1. The van der Waals surface area contributed by atoms with E-state index in [9.17, 15) is 0 Å². The molecule has 0 aromatic carbocycles. The molecule has 1 aliphatic carbocycles. The van der Waals surface area contributed by atoms with Gasteiger partial charge in [0.25, 0.3) is 0 Å². The number of hydrogen-bond acceptors (Lipinski definition) is 5. The molecule has 0 atom stereocenters. The molecule has 0 bridgehead atoms. The number of anilines is 2. The molecule has 0 aliphatic heterocycles. The van der Waals surface area contributed by atoms with Gasteiger partial charge in [0.1, 0.15) is 18.0 Å². The van der Waals surface area contributed by atoms with Gasteiger partial charge in [0.05, 0.1) is 0 Å². The Labute approximate surface area is 122 Å². The van der Waals surface area contributed by atoms with Gasteiger partial charge in [0.2, 0.25) is 0 Å². The Hall–Kier alpha value is -1.36. The van der Waals surface area contributed by atoms with Crippen molar-refractivity contribution in [2.45, 2.75) is 44.6 Å². The third-order valence-electron chi connectivity index (χ3n) is 4.58. The summed E-state index contributed by atoms with van der Waals surface area (Å²) in [6, 6.07) is 0. The van der Waals surface area contributed by atoms with E-state index in [1.807, 2.05) is 0 Å². The average Bonchev–Trinajstić information content (AvgIpc) is 2.35. The Kier molecular flexibility index (Phi) is 4.48. The predicted octanol–water partition coefficient (Wildman–Crippen LogP) is 1.93. The molecule has 2 N–H and O–H groups in total. The second-order valence-corrected chi connectivity index (χ2v) is 6.14. The molecule has 1 aromatic heterocycles. The monoisotopic (exact) mass is 277 g/mol. The Bertz CT molecular complexity index is 454. The van der Waals surface area contributed by atoms with Crippen molar-refractivity contribution in [3.8, 4) is 0 Å². The third kappa shape index (κ3) is 2.73. The fourth-order valence-electron chi connectivity index (χ4n) is 3.08. The molecule has 5 nitrogen and oxygen atoms in total. The van der Waals surface area contributed by atoms with Gasteiger partial charge in [0, 0.05) is 24.7 Å². The first-order chi connectivity index (χ1) is 9.50. The summed E-state index contributed by atoms with van der Waals surface area (Å²) in [5.74, 6) is 1.61. The Morgan fingerprint density at radius 3 is 2.45 bits per heavy atom. The number of rotatable bonds is 6. The van der Waals surface area contributed by atoms with Gasteiger partial charge in [-0.25, -0.2) is 9.97 Å². The van der Waals surface area contributed by atoms with Crippen LogP contribution in [0.5, 0.6) is 0 Å². The van der Waals surface area contributed by atoms with Crippen LogP contribution in [-0.4, -0.2) is 48.1 Å². The summed E-state index contributed by atoms with van der Waals surface area (Å²) in [6.07, 6.45) is 7.39. The van der Waals surface area contributed by atoms with Crippen LogP contribution in [0, 0.1) is 0 Å². The summed E-state index contributed by atoms with van der Waals surface area (Å²) in [5.41, 5.74) is 7.41. The standard InChI is InChI=1S/C15H27N5/c1-5-7-12-13(16)17-11-18-14(12)20(4)10-15(19(2)3)8-6-9-15/h11H,5-10H2,1-4H3,(H2,16,17,18). The highest BCUT2D eigenvalue weighted by atomic mass is 15.3. The van der Waals surface area contributed by atoms with Gasteiger partial charge in [-0.15, -0.1) is 0 Å². The van der Waals surface area contributed by atoms with Crippen molar-refractivity contribution in [3.63, 3.8) is 0 Å². The normalized spacial score (nSPS) is 17.1. The van der Waals surface area contributed by atoms with Crippen LogP contribution in [0.1, 0.15) is 38.2 Å². The Morgan fingerprint density at radius 2 is 1.95 bits per heavy atom. The smallest absolute Gasteiger partial charge is 0.137 e. The van der Waals surface area contributed by atoms with Gasteiger partial charge in [-0.2, -0.15) is 0 Å². The van der Waals surface area contributed by atoms with Crippen molar-refractivity contribution in [2.75, 3.05) is 38.3 Å². The van der Waals surface area contributed by atoms with Crippen molar-refractivity contribution in [1.82, 2.24) is 14.9 Å². The van der Waals surface area contributed by atoms with Gasteiger partial charge < -0.3 is 15.5 Å². The number of likely N-dealkylation sites (N-methyl/N-ethyl adjacent to an activating group) is 2. The highest BCUT2D eigenvalue weighted by Gasteiger charge is 2.40. The first-order valence-corrected chi connectivity index (χ1v) is 7.48. The van der Waals surface area contributed by atoms with Gasteiger partial charge in [-0.1, -0.05) is 13.3 Å². The number of nitrogens with two attached hydrogens (primary N) is 1. The molecule has 2 rings (SSSR count). The van der Waals surface area contributed by atoms with E-state index < -0.39 is 0 Å². The number of hydrogen-bond donors (Lipinski definition) is 1. The van der Waals surface area contributed by atoms with Gasteiger partial charge in [0.15, 0.2) is 0 Å². The molecule has 5 heteroatoms. The lowest BCUT2D eigenvalue weighted by Crippen LogP contribution is -2.57. The zero-order valence-electron chi connectivity index (χ0n) is 13.2. The molecule has 20 heavy (non-hydrogen) atoms. The lowest BCUT2D eigenvalue weighted by atomic mass is 9.75. The molecular weight excluding hydrogens is 250 g/mol. The minimum atomic E-state index is 0.290. The van der Waals surface area contributed by atoms with Crippen LogP contribution in [0.3, 0.4) is 0 Å². The minimum Gasteiger partial charge on any atom is -0.383 e. The molecule has 0 saturated heterocycles. The van der Waals surface area contributed by atoms with Crippen molar-refractivity contribution in [2.24, 2.45) is 0 Å². The van der Waals surface area contributed by atoms with E-state index in [4.69, 9.17) is 5.73 Å². The zero-order chi connectivity index (χ0) is 14.8. The first kappa shape index (κ1) is 15.0. The minimum absolute atomic E-state index is 0.290. The van der Waals surface area contributed by atoms with E-state index in [0.29, 0.717) is 5.82 Å². The number of nitrogens with zero attached hydrogens (tertiary/aromatic N) is 4. The van der Waals surface area contributed by atoms with E-state index in [1.165, 1.54) is 19.3 Å². The molecule has 0 unspecified atom stereocenters. The van der Waals surface area contributed by atoms with Gasteiger partial charge in [-0.3, -0.25) is 0 Å². The summed E-state index contributed by atoms with van der Waals surface area (Å²) in [5, 5.41) is 0. The molecule has 0 spiro atoms. The fraction of sp³-hybridized carbons (Fsp3) is 0.733. The maximum absolute atomic E-state index is 6.03. The van der Waals surface area contributed by atoms with Crippen LogP contribution in [-0.2, 0) is 6.42 Å². The first-order valence-electron chi connectivity index (χ1n) is 7.48. The van der Waals surface area contributed by atoms with Crippen LogP contribution < -0.4 is 10.6 Å². The molecule has 0 radical (unpaired) electrons. The van der Waals surface area contributed by atoms with E-state index in [0.717, 1.165) is 30.8 Å². The van der Waals surface area contributed by atoms with Crippen LogP contribution >= 0.6 is 0 Å². The lowest BCUT2D eigenvalue weighted by molar-refractivity contribution is 0.0681. The fourth-order valence-corrected chi connectivity index (χ4v) is 3.08. The summed E-state index contributed by atoms with van der Waals surface area (Å²) in [6.45, 7) is 3.15. The van der Waals surface area contributed by atoms with E-state index >= 15 is 0 Å². The third-order valence-corrected chi connectivity index (χ3v) is 4.58. The van der Waals surface area contributed by atoms with Crippen LogP contribution in [0.2, 0.25) is 0 Å². The summed E-state index contributed by atoms with van der Waals surface area (Å²) < 4.78 is 0. The SMILES string of the molecule is CCCc1c(N)ncnc1N(C)CC1(N(C)C)CCC1. The maximum atomic E-state index is 6.03. The molecule has 0 amide bonds. The molecule has 1 aromatic rings. The molecule has 112 valence electrons. The van der Waals surface area contributed by atoms with Crippen LogP contribution in [0.4, 0.5) is 11.6 Å². The Morgan fingerprint density at radius 1 is 1.25 bits per heavy atom. The van der Waals surface area contributed by atoms with Gasteiger partial charge >= 0.3 is 0 Å². The summed E-state index contributed by atoms with van der Waals surface area (Å²) >= 11 is 0. The maximum Gasteiger partial charge on any atom is 0.137 e. The summed E-state index contributed by atoms with van der Waals surface area (Å²) in [4.78, 5) is 13.2. The van der Waals surface area contributed by atoms with Gasteiger partial charge in [-0.05, 0) is 39.8 Å². The topological polar surface area (TPSA) is 58.3 Å². The van der Waals surface area contributed by atoms with Crippen LogP contribution in [0.25, 0.3) is 0 Å². The van der Waals surface area contributed by atoms with Crippen molar-refractivity contribution in [3.05, 3.63) is 11.9 Å². The molecular formula is C15H27N5. The predicted molar refractivity (Wildman–Crippen MR) is 84.0 cm³/mol. The highest BCUT2D eigenvalue weighted by molar-refractivity contribution is 5.56. The summed E-state index contributed by atoms with van der Waals surface area (Å²) in [7, 11) is 6.47. The zero-order valence-corrected chi connectivity index (χ0v) is 13.2. The number of aromatic nitrogens is 2. The second kappa shape index (κ2) is 5.95. The average molecular weight is 277 g/mol. The quantitative estimate of drug-likeness (QED) is 0.861. The molecule has 1 fully saturated rings. The van der Waals surface area contributed by atoms with Crippen LogP contribution in [0.15, 0.2) is 6.33 Å². The van der Waals surface area contributed by atoms with Crippen molar-refractivity contribution < 1.29 is 0 Å². The Balaban J connectivity index is 2.21. The highest BCUT2D eigenvalue weighted by Crippen LogP contribution is 2.37. The molecule has 1 saturated carbocycles. The van der Waals surface area contributed by atoms with Crippen molar-refractivity contribution >= 4 is 11.6 Å². The van der Waals surface area contributed by atoms with E-state index in [-0.39, 0.29) is 5.54 Å². The molecule has 1 heterocycles. The van der Waals surface area contributed by atoms with E-state index in [2.05, 4.69) is 47.8 Å². The largest absolute Gasteiger partial charge is 0.383 e. The van der Waals surface area contributed by atoms with Crippen molar-refractivity contribution in [1.29, 1.82) is 0 Å². The molecule has 1 aliphatic rings. The lowest BCUT2D eigenvalue weighted by Gasteiger charge is -2.49. The van der Waals surface area contributed by atoms with E-state index in [1.54, 1.807) is 6.33 Å². The second-order valence-electron chi connectivity index (χ2n) is 6.14.